The van der Waals surface area contributed by atoms with Crippen molar-refractivity contribution in [1.29, 1.82) is 0 Å². The van der Waals surface area contributed by atoms with Gasteiger partial charge < -0.3 is 16.4 Å². The lowest BCUT2D eigenvalue weighted by molar-refractivity contribution is 0.225. The third kappa shape index (κ3) is 3.75. The van der Waals surface area contributed by atoms with Gasteiger partial charge in [0.2, 0.25) is 0 Å². The summed E-state index contributed by atoms with van der Waals surface area (Å²) < 4.78 is 0. The van der Waals surface area contributed by atoms with Gasteiger partial charge in [-0.3, -0.25) is 0 Å². The number of carbonyl (C=O) groups excluding carboxylic acids is 1. The van der Waals surface area contributed by atoms with Crippen LogP contribution in [0.15, 0.2) is 30.3 Å². The minimum absolute atomic E-state index is 0.224. The Kier molecular flexibility index (Phi) is 4.52. The number of urea groups is 1. The fraction of sp³-hybridized carbons (Fsp3) is 0.462. The first kappa shape index (κ1) is 13.5. The Labute approximate surface area is 103 Å². The lowest BCUT2D eigenvalue weighted by Crippen LogP contribution is -2.56. The van der Waals surface area contributed by atoms with Crippen molar-refractivity contribution in [3.8, 4) is 0 Å². The van der Waals surface area contributed by atoms with Crippen LogP contribution in [0.3, 0.4) is 0 Å². The van der Waals surface area contributed by atoms with Crippen molar-refractivity contribution in [1.82, 2.24) is 5.32 Å². The molecule has 0 aliphatic rings. The molecule has 4 heteroatoms. The van der Waals surface area contributed by atoms with Gasteiger partial charge >= 0.3 is 6.03 Å². The number of hydrogen-bond acceptors (Lipinski definition) is 2. The maximum absolute atomic E-state index is 11.8. The van der Waals surface area contributed by atoms with Crippen LogP contribution in [0.25, 0.3) is 0 Å². The molecule has 0 aliphatic heterocycles. The van der Waals surface area contributed by atoms with Gasteiger partial charge in [0.25, 0.3) is 0 Å². The Morgan fingerprint density at radius 1 is 1.35 bits per heavy atom. The summed E-state index contributed by atoms with van der Waals surface area (Å²) in [4.78, 5) is 11.8. The zero-order chi connectivity index (χ0) is 12.9. The molecule has 1 aromatic carbocycles. The Bertz CT molecular complexity index is 364. The molecule has 0 bridgehead atoms. The molecule has 0 radical (unpaired) electrons. The summed E-state index contributed by atoms with van der Waals surface area (Å²) in [5.74, 6) is 0.272. The number of benzene rings is 1. The number of nitrogens with two attached hydrogens (primary N) is 1. The molecule has 0 fully saturated rings. The number of rotatable bonds is 4. The summed E-state index contributed by atoms with van der Waals surface area (Å²) in [7, 11) is 0. The SMILES string of the molecule is CC(C)C(C)(CN)NC(=O)Nc1ccccc1. The molecule has 1 atom stereocenters. The Morgan fingerprint density at radius 3 is 2.41 bits per heavy atom. The van der Waals surface area contributed by atoms with Crippen molar-refractivity contribution < 1.29 is 4.79 Å². The molecule has 2 amide bonds. The molecule has 4 N–H and O–H groups in total. The fourth-order valence-corrected chi connectivity index (χ4v) is 1.37. The van der Waals surface area contributed by atoms with Crippen molar-refractivity contribution in [3.63, 3.8) is 0 Å². The van der Waals surface area contributed by atoms with Gasteiger partial charge in [-0.15, -0.1) is 0 Å². The first-order valence-electron chi connectivity index (χ1n) is 5.82. The number of anilines is 1. The van der Waals surface area contributed by atoms with E-state index in [1.807, 2.05) is 51.1 Å². The van der Waals surface area contributed by atoms with E-state index in [4.69, 9.17) is 5.73 Å². The van der Waals surface area contributed by atoms with Crippen LogP contribution in [-0.4, -0.2) is 18.1 Å². The number of hydrogen-bond donors (Lipinski definition) is 3. The van der Waals surface area contributed by atoms with E-state index in [1.165, 1.54) is 0 Å². The maximum Gasteiger partial charge on any atom is 0.319 e. The summed E-state index contributed by atoms with van der Waals surface area (Å²) >= 11 is 0. The average Bonchev–Trinajstić information content (AvgIpc) is 2.29. The topological polar surface area (TPSA) is 67.1 Å². The second-order valence-corrected chi connectivity index (χ2v) is 4.72. The summed E-state index contributed by atoms with van der Waals surface area (Å²) in [6.45, 7) is 6.43. The molecule has 0 aliphatic carbocycles. The van der Waals surface area contributed by atoms with Gasteiger partial charge in [-0.1, -0.05) is 32.0 Å². The highest BCUT2D eigenvalue weighted by atomic mass is 16.2. The van der Waals surface area contributed by atoms with E-state index in [0.29, 0.717) is 6.54 Å². The zero-order valence-electron chi connectivity index (χ0n) is 10.7. The molecule has 0 heterocycles. The van der Waals surface area contributed by atoms with Gasteiger partial charge in [-0.25, -0.2) is 4.79 Å². The van der Waals surface area contributed by atoms with Crippen LogP contribution < -0.4 is 16.4 Å². The third-order valence-electron chi connectivity index (χ3n) is 3.13. The predicted molar refractivity (Wildman–Crippen MR) is 70.9 cm³/mol. The summed E-state index contributed by atoms with van der Waals surface area (Å²) in [5.41, 5.74) is 6.09. The molecular weight excluding hydrogens is 214 g/mol. The van der Waals surface area contributed by atoms with Crippen molar-refractivity contribution in [2.75, 3.05) is 11.9 Å². The third-order valence-corrected chi connectivity index (χ3v) is 3.13. The lowest BCUT2D eigenvalue weighted by Gasteiger charge is -2.33. The minimum atomic E-state index is -0.390. The quantitative estimate of drug-likeness (QED) is 0.748. The monoisotopic (exact) mass is 235 g/mol. The molecule has 4 nitrogen and oxygen atoms in total. The van der Waals surface area contributed by atoms with Gasteiger partial charge in [0.1, 0.15) is 0 Å². The number of nitrogens with one attached hydrogen (secondary N) is 2. The van der Waals surface area contributed by atoms with E-state index >= 15 is 0 Å². The number of para-hydroxylation sites is 1. The highest BCUT2D eigenvalue weighted by molar-refractivity contribution is 5.89. The molecular formula is C13H21N3O. The second kappa shape index (κ2) is 5.68. The van der Waals surface area contributed by atoms with Crippen molar-refractivity contribution in [3.05, 3.63) is 30.3 Å². The Hall–Kier alpha value is -1.55. The van der Waals surface area contributed by atoms with E-state index < -0.39 is 5.54 Å². The minimum Gasteiger partial charge on any atom is -0.331 e. The fourth-order valence-electron chi connectivity index (χ4n) is 1.37. The first-order chi connectivity index (χ1) is 7.98. The van der Waals surface area contributed by atoms with Crippen molar-refractivity contribution >= 4 is 11.7 Å². The zero-order valence-corrected chi connectivity index (χ0v) is 10.7. The van der Waals surface area contributed by atoms with Crippen LogP contribution in [-0.2, 0) is 0 Å². The molecule has 1 unspecified atom stereocenters. The molecule has 0 saturated carbocycles. The smallest absolute Gasteiger partial charge is 0.319 e. The standard InChI is InChI=1S/C13H21N3O/c1-10(2)13(3,9-14)16-12(17)15-11-7-5-4-6-8-11/h4-8,10H,9,14H2,1-3H3,(H2,15,16,17). The van der Waals surface area contributed by atoms with E-state index in [0.717, 1.165) is 5.69 Å². The van der Waals surface area contributed by atoms with E-state index in [9.17, 15) is 4.79 Å². The maximum atomic E-state index is 11.8. The number of amides is 2. The second-order valence-electron chi connectivity index (χ2n) is 4.72. The molecule has 1 rings (SSSR count). The van der Waals surface area contributed by atoms with Crippen LogP contribution in [0.2, 0.25) is 0 Å². The first-order valence-corrected chi connectivity index (χ1v) is 5.82. The van der Waals surface area contributed by atoms with Crippen LogP contribution >= 0.6 is 0 Å². The summed E-state index contributed by atoms with van der Waals surface area (Å²) in [6.07, 6.45) is 0. The normalized spacial score (nSPS) is 14.2. The molecule has 17 heavy (non-hydrogen) atoms. The van der Waals surface area contributed by atoms with Crippen LogP contribution in [0, 0.1) is 5.92 Å². The Balaban J connectivity index is 2.61. The van der Waals surface area contributed by atoms with Crippen molar-refractivity contribution in [2.24, 2.45) is 11.7 Å². The lowest BCUT2D eigenvalue weighted by atomic mass is 9.89. The molecule has 0 spiro atoms. The van der Waals surface area contributed by atoms with Gasteiger partial charge in [0.05, 0.1) is 5.54 Å². The van der Waals surface area contributed by atoms with E-state index in [2.05, 4.69) is 10.6 Å². The van der Waals surface area contributed by atoms with Gasteiger partial charge in [-0.2, -0.15) is 0 Å². The van der Waals surface area contributed by atoms with Crippen LogP contribution in [0.4, 0.5) is 10.5 Å². The van der Waals surface area contributed by atoms with Crippen LogP contribution in [0.5, 0.6) is 0 Å². The highest BCUT2D eigenvalue weighted by Crippen LogP contribution is 2.15. The molecule has 94 valence electrons. The van der Waals surface area contributed by atoms with Gasteiger partial charge in [-0.05, 0) is 25.0 Å². The molecule has 0 saturated heterocycles. The Morgan fingerprint density at radius 2 is 1.94 bits per heavy atom. The predicted octanol–water partition coefficient (Wildman–Crippen LogP) is 2.18. The average molecular weight is 235 g/mol. The van der Waals surface area contributed by atoms with E-state index in [1.54, 1.807) is 0 Å². The summed E-state index contributed by atoms with van der Waals surface area (Å²) in [5, 5.41) is 5.70. The van der Waals surface area contributed by atoms with Crippen molar-refractivity contribution in [2.45, 2.75) is 26.3 Å². The largest absolute Gasteiger partial charge is 0.331 e. The van der Waals surface area contributed by atoms with Crippen LogP contribution in [0.1, 0.15) is 20.8 Å². The van der Waals surface area contributed by atoms with Gasteiger partial charge in [0, 0.05) is 12.2 Å². The number of carbonyl (C=O) groups is 1. The van der Waals surface area contributed by atoms with E-state index in [-0.39, 0.29) is 11.9 Å². The molecule has 0 aromatic heterocycles. The summed E-state index contributed by atoms with van der Waals surface area (Å²) in [6, 6.07) is 9.11. The van der Waals surface area contributed by atoms with Gasteiger partial charge in [0.15, 0.2) is 0 Å². The highest BCUT2D eigenvalue weighted by Gasteiger charge is 2.28. The molecule has 1 aromatic rings.